The molecule has 0 radical (unpaired) electrons. The summed E-state index contributed by atoms with van der Waals surface area (Å²) < 4.78 is 15.8. The SMILES string of the molecule is COC(=O)c1c(C)[nH]c(-c2ccc(OC)c(OC)c2)c1[C@H]1C(=O)Nc2ccccc21. The van der Waals surface area contributed by atoms with E-state index in [9.17, 15) is 9.59 Å². The van der Waals surface area contributed by atoms with Crippen LogP contribution in [-0.4, -0.2) is 38.2 Å². The number of amides is 1. The lowest BCUT2D eigenvalue weighted by atomic mass is 9.87. The van der Waals surface area contributed by atoms with Crippen LogP contribution >= 0.6 is 0 Å². The van der Waals surface area contributed by atoms with E-state index >= 15 is 0 Å². The number of H-pyrrole nitrogens is 1. The highest BCUT2D eigenvalue weighted by molar-refractivity contribution is 6.08. The van der Waals surface area contributed by atoms with Gasteiger partial charge in [-0.25, -0.2) is 4.79 Å². The molecule has 30 heavy (non-hydrogen) atoms. The first kappa shape index (κ1) is 19.6. The quantitative estimate of drug-likeness (QED) is 0.628. The van der Waals surface area contributed by atoms with Crippen molar-refractivity contribution in [1.29, 1.82) is 0 Å². The Morgan fingerprint density at radius 3 is 2.43 bits per heavy atom. The topological polar surface area (TPSA) is 89.7 Å². The van der Waals surface area contributed by atoms with Crippen molar-refractivity contribution in [3.05, 3.63) is 64.8 Å². The number of aromatic amines is 1. The average Bonchev–Trinajstić information content (AvgIpc) is 3.27. The number of nitrogens with one attached hydrogen (secondary N) is 2. The monoisotopic (exact) mass is 406 g/mol. The van der Waals surface area contributed by atoms with Gasteiger partial charge in [-0.2, -0.15) is 0 Å². The number of ether oxygens (including phenoxy) is 3. The van der Waals surface area contributed by atoms with Crippen LogP contribution in [0, 0.1) is 6.92 Å². The number of benzene rings is 2. The highest BCUT2D eigenvalue weighted by Gasteiger charge is 2.38. The number of aromatic nitrogens is 1. The standard InChI is InChI=1S/C23H22N2O5/c1-12-18(23(27)30-4)20(19-14-7-5-6-8-15(14)25-22(19)26)21(24-12)13-9-10-16(28-2)17(11-13)29-3/h5-11,19,24H,1-4H3,(H,25,26)/t19-/m0/s1. The van der Waals surface area contributed by atoms with Gasteiger partial charge in [0.2, 0.25) is 5.91 Å². The number of fused-ring (bicyclic) bond motifs is 1. The Kier molecular flexibility index (Phi) is 4.95. The third-order valence-electron chi connectivity index (χ3n) is 5.37. The van der Waals surface area contributed by atoms with Crippen molar-refractivity contribution in [3.8, 4) is 22.8 Å². The van der Waals surface area contributed by atoms with E-state index in [0.29, 0.717) is 34.0 Å². The van der Waals surface area contributed by atoms with Crippen molar-refractivity contribution in [1.82, 2.24) is 4.98 Å². The van der Waals surface area contributed by atoms with Gasteiger partial charge in [0.05, 0.1) is 38.5 Å². The molecule has 0 saturated heterocycles. The predicted molar refractivity (Wildman–Crippen MR) is 112 cm³/mol. The van der Waals surface area contributed by atoms with E-state index in [2.05, 4.69) is 10.3 Å². The molecule has 1 atom stereocenters. The molecule has 1 amide bonds. The number of aryl methyl sites for hydroxylation is 1. The molecule has 154 valence electrons. The second-order valence-electron chi connectivity index (χ2n) is 6.98. The molecule has 2 aromatic carbocycles. The van der Waals surface area contributed by atoms with Crippen LogP contribution < -0.4 is 14.8 Å². The highest BCUT2D eigenvalue weighted by atomic mass is 16.5. The number of carbonyl (C=O) groups excluding carboxylic acids is 2. The Bertz CT molecular complexity index is 1150. The number of rotatable bonds is 5. The van der Waals surface area contributed by atoms with Gasteiger partial charge in [-0.15, -0.1) is 0 Å². The van der Waals surface area contributed by atoms with E-state index in [1.54, 1.807) is 27.2 Å². The Morgan fingerprint density at radius 2 is 1.73 bits per heavy atom. The molecule has 4 rings (SSSR count). The Balaban J connectivity index is 1.98. The van der Waals surface area contributed by atoms with Crippen LogP contribution in [0.5, 0.6) is 11.5 Å². The van der Waals surface area contributed by atoms with Gasteiger partial charge < -0.3 is 24.5 Å². The Morgan fingerprint density at radius 1 is 1.00 bits per heavy atom. The normalized spacial score (nSPS) is 14.8. The summed E-state index contributed by atoms with van der Waals surface area (Å²) in [5.41, 5.74) is 4.53. The van der Waals surface area contributed by atoms with Gasteiger partial charge >= 0.3 is 5.97 Å². The second kappa shape index (κ2) is 7.59. The van der Waals surface area contributed by atoms with Gasteiger partial charge in [-0.3, -0.25) is 4.79 Å². The van der Waals surface area contributed by atoms with Crippen LogP contribution in [0.15, 0.2) is 42.5 Å². The minimum absolute atomic E-state index is 0.193. The van der Waals surface area contributed by atoms with Crippen LogP contribution in [0.2, 0.25) is 0 Å². The molecule has 3 aromatic rings. The molecule has 0 unspecified atom stereocenters. The van der Waals surface area contributed by atoms with Gasteiger partial charge in [0.25, 0.3) is 0 Å². The van der Waals surface area contributed by atoms with Gasteiger partial charge in [-0.05, 0) is 36.8 Å². The maximum atomic E-state index is 13.0. The number of methoxy groups -OCH3 is 3. The van der Waals surface area contributed by atoms with Crippen LogP contribution in [0.3, 0.4) is 0 Å². The summed E-state index contributed by atoms with van der Waals surface area (Å²) in [6, 6.07) is 12.9. The molecular weight excluding hydrogens is 384 g/mol. The molecule has 0 spiro atoms. The molecule has 0 bridgehead atoms. The average molecular weight is 406 g/mol. The second-order valence-corrected chi connectivity index (χ2v) is 6.98. The highest BCUT2D eigenvalue weighted by Crippen LogP contribution is 2.44. The minimum atomic E-state index is -0.650. The van der Waals surface area contributed by atoms with E-state index in [1.807, 2.05) is 36.4 Å². The summed E-state index contributed by atoms with van der Waals surface area (Å²) in [7, 11) is 4.46. The summed E-state index contributed by atoms with van der Waals surface area (Å²) in [6.07, 6.45) is 0. The maximum Gasteiger partial charge on any atom is 0.340 e. The number of para-hydroxylation sites is 1. The first-order valence-electron chi connectivity index (χ1n) is 9.43. The Labute approximate surface area is 174 Å². The maximum absolute atomic E-state index is 13.0. The lowest BCUT2D eigenvalue weighted by molar-refractivity contribution is -0.116. The fourth-order valence-electron chi connectivity index (χ4n) is 4.01. The van der Waals surface area contributed by atoms with Crippen molar-refractivity contribution < 1.29 is 23.8 Å². The lowest BCUT2D eigenvalue weighted by Crippen LogP contribution is -2.17. The van der Waals surface area contributed by atoms with Crippen molar-refractivity contribution in [2.75, 3.05) is 26.6 Å². The Hall–Kier alpha value is -3.74. The van der Waals surface area contributed by atoms with Crippen molar-refractivity contribution in [3.63, 3.8) is 0 Å². The molecule has 2 N–H and O–H groups in total. The number of esters is 1. The number of carbonyl (C=O) groups is 2. The van der Waals surface area contributed by atoms with Gasteiger partial charge in [0.15, 0.2) is 11.5 Å². The van der Waals surface area contributed by atoms with Crippen LogP contribution in [0.25, 0.3) is 11.3 Å². The van der Waals surface area contributed by atoms with E-state index in [1.165, 1.54) is 7.11 Å². The van der Waals surface area contributed by atoms with E-state index in [0.717, 1.165) is 16.8 Å². The largest absolute Gasteiger partial charge is 0.493 e. The molecule has 7 heteroatoms. The summed E-state index contributed by atoms with van der Waals surface area (Å²) >= 11 is 0. The molecule has 0 aliphatic carbocycles. The summed E-state index contributed by atoms with van der Waals surface area (Å²) in [4.78, 5) is 29.0. The molecule has 0 fully saturated rings. The summed E-state index contributed by atoms with van der Waals surface area (Å²) in [5, 5.41) is 2.91. The van der Waals surface area contributed by atoms with Crippen LogP contribution in [0.4, 0.5) is 5.69 Å². The third kappa shape index (κ3) is 2.99. The number of hydrogen-bond donors (Lipinski definition) is 2. The van der Waals surface area contributed by atoms with E-state index in [-0.39, 0.29) is 5.91 Å². The molecule has 1 aromatic heterocycles. The number of anilines is 1. The van der Waals surface area contributed by atoms with Gasteiger partial charge in [0.1, 0.15) is 0 Å². The smallest absolute Gasteiger partial charge is 0.340 e. The van der Waals surface area contributed by atoms with Crippen molar-refractivity contribution >= 4 is 17.6 Å². The fraction of sp³-hybridized carbons (Fsp3) is 0.217. The fourth-order valence-corrected chi connectivity index (χ4v) is 4.01. The molecule has 7 nitrogen and oxygen atoms in total. The van der Waals surface area contributed by atoms with Crippen LogP contribution in [0.1, 0.15) is 33.1 Å². The van der Waals surface area contributed by atoms with E-state index in [4.69, 9.17) is 14.2 Å². The van der Waals surface area contributed by atoms with Gasteiger partial charge in [0, 0.05) is 22.5 Å². The zero-order chi connectivity index (χ0) is 21.4. The minimum Gasteiger partial charge on any atom is -0.493 e. The van der Waals surface area contributed by atoms with Gasteiger partial charge in [-0.1, -0.05) is 18.2 Å². The van der Waals surface area contributed by atoms with Crippen molar-refractivity contribution in [2.45, 2.75) is 12.8 Å². The molecule has 1 aliphatic heterocycles. The van der Waals surface area contributed by atoms with Crippen LogP contribution in [-0.2, 0) is 9.53 Å². The first-order chi connectivity index (χ1) is 14.5. The predicted octanol–water partition coefficient (Wildman–Crippen LogP) is 3.88. The summed E-state index contributed by atoms with van der Waals surface area (Å²) in [6.45, 7) is 1.79. The first-order valence-corrected chi connectivity index (χ1v) is 9.43. The zero-order valence-electron chi connectivity index (χ0n) is 17.2. The lowest BCUT2D eigenvalue weighted by Gasteiger charge is -2.15. The molecular formula is C23H22N2O5. The van der Waals surface area contributed by atoms with Crippen molar-refractivity contribution in [2.24, 2.45) is 0 Å². The third-order valence-corrected chi connectivity index (χ3v) is 5.37. The zero-order valence-corrected chi connectivity index (χ0v) is 17.2. The molecule has 1 aliphatic rings. The van der Waals surface area contributed by atoms with E-state index < -0.39 is 11.9 Å². The number of hydrogen-bond acceptors (Lipinski definition) is 5. The molecule has 2 heterocycles. The molecule has 0 saturated carbocycles. The summed E-state index contributed by atoms with van der Waals surface area (Å²) in [5.74, 6) is -0.208.